The third kappa shape index (κ3) is 4.66. The summed E-state index contributed by atoms with van der Waals surface area (Å²) in [5.41, 5.74) is 0. The lowest BCUT2D eigenvalue weighted by Crippen LogP contribution is -2.04. The number of hydrogen-bond donors (Lipinski definition) is 0. The second kappa shape index (κ2) is 6.64. The molecule has 0 N–H and O–H groups in total. The van der Waals surface area contributed by atoms with Crippen molar-refractivity contribution < 1.29 is 4.79 Å². The Hall–Kier alpha value is -0.850. The van der Waals surface area contributed by atoms with E-state index < -0.39 is 0 Å². The van der Waals surface area contributed by atoms with Crippen LogP contribution in [-0.2, 0) is 4.79 Å². The van der Waals surface area contributed by atoms with E-state index in [-0.39, 0.29) is 0 Å². The van der Waals surface area contributed by atoms with Crippen LogP contribution in [-0.4, -0.2) is 6.29 Å². The third-order valence-electron chi connectivity index (χ3n) is 2.61. The normalized spacial score (nSPS) is 20.0. The first-order valence-corrected chi connectivity index (χ1v) is 5.13. The molecule has 0 amide bonds. The van der Waals surface area contributed by atoms with Gasteiger partial charge in [0.05, 0.1) is 0 Å². The SMILES string of the molecule is O=[C]C=CC=CCC1CCCCC1. The van der Waals surface area contributed by atoms with Crippen molar-refractivity contribution in [1.82, 2.24) is 0 Å². The van der Waals surface area contributed by atoms with Gasteiger partial charge in [-0.1, -0.05) is 50.3 Å². The van der Waals surface area contributed by atoms with Gasteiger partial charge in [0.25, 0.3) is 0 Å². The number of hydrogen-bond acceptors (Lipinski definition) is 1. The van der Waals surface area contributed by atoms with Crippen LogP contribution in [0.25, 0.3) is 0 Å². The molecule has 0 aromatic rings. The van der Waals surface area contributed by atoms with E-state index in [0.717, 1.165) is 5.92 Å². The Labute approximate surface area is 80.5 Å². The average Bonchev–Trinajstić information content (AvgIpc) is 2.19. The van der Waals surface area contributed by atoms with E-state index in [4.69, 9.17) is 0 Å². The van der Waals surface area contributed by atoms with Crippen LogP contribution < -0.4 is 0 Å². The van der Waals surface area contributed by atoms with E-state index in [0.29, 0.717) is 0 Å². The number of carbonyl (C=O) groups excluding carboxylic acids is 1. The summed E-state index contributed by atoms with van der Waals surface area (Å²) < 4.78 is 0. The molecule has 1 saturated carbocycles. The fraction of sp³-hybridized carbons (Fsp3) is 0.583. The molecule has 0 spiro atoms. The second-order valence-electron chi connectivity index (χ2n) is 3.64. The van der Waals surface area contributed by atoms with Gasteiger partial charge in [-0.25, -0.2) is 0 Å². The first-order valence-electron chi connectivity index (χ1n) is 5.13. The molecule has 0 aromatic heterocycles. The van der Waals surface area contributed by atoms with Crippen LogP contribution in [0, 0.1) is 5.92 Å². The molecule has 1 nitrogen and oxygen atoms in total. The van der Waals surface area contributed by atoms with E-state index >= 15 is 0 Å². The van der Waals surface area contributed by atoms with Crippen LogP contribution in [0.3, 0.4) is 0 Å². The maximum Gasteiger partial charge on any atom is 0.225 e. The Morgan fingerprint density at radius 2 is 1.92 bits per heavy atom. The number of rotatable bonds is 4. The van der Waals surface area contributed by atoms with Gasteiger partial charge in [0.15, 0.2) is 0 Å². The van der Waals surface area contributed by atoms with E-state index in [9.17, 15) is 4.79 Å². The highest BCUT2D eigenvalue weighted by molar-refractivity contribution is 5.66. The Bertz CT molecular complexity index is 185. The topological polar surface area (TPSA) is 17.1 Å². The van der Waals surface area contributed by atoms with E-state index in [1.807, 2.05) is 6.08 Å². The van der Waals surface area contributed by atoms with Crippen molar-refractivity contribution in [3.05, 3.63) is 24.3 Å². The molecule has 1 fully saturated rings. The molecule has 0 aromatic carbocycles. The lowest BCUT2D eigenvalue weighted by atomic mass is 9.87. The van der Waals surface area contributed by atoms with E-state index in [2.05, 4.69) is 6.08 Å². The molecule has 1 aliphatic rings. The van der Waals surface area contributed by atoms with Crippen LogP contribution in [0.2, 0.25) is 0 Å². The number of allylic oxidation sites excluding steroid dienone is 4. The quantitative estimate of drug-likeness (QED) is 0.476. The highest BCUT2D eigenvalue weighted by atomic mass is 16.1. The van der Waals surface area contributed by atoms with E-state index in [1.54, 1.807) is 12.4 Å². The third-order valence-corrected chi connectivity index (χ3v) is 2.61. The Balaban J connectivity index is 2.13. The van der Waals surface area contributed by atoms with Crippen LogP contribution in [0.4, 0.5) is 0 Å². The first-order chi connectivity index (χ1) is 6.43. The predicted molar refractivity (Wildman–Crippen MR) is 55.2 cm³/mol. The van der Waals surface area contributed by atoms with Gasteiger partial charge in [0, 0.05) is 0 Å². The summed E-state index contributed by atoms with van der Waals surface area (Å²) in [7, 11) is 0. The van der Waals surface area contributed by atoms with E-state index in [1.165, 1.54) is 44.6 Å². The van der Waals surface area contributed by atoms with Gasteiger partial charge in [-0.3, -0.25) is 4.79 Å². The minimum atomic E-state index is 0.888. The molecule has 71 valence electrons. The molecular formula is C12H17O. The van der Waals surface area contributed by atoms with Crippen molar-refractivity contribution in [2.24, 2.45) is 5.92 Å². The second-order valence-corrected chi connectivity index (χ2v) is 3.64. The molecule has 0 saturated heterocycles. The maximum absolute atomic E-state index is 9.82. The minimum absolute atomic E-state index is 0.888. The maximum atomic E-state index is 9.82. The summed E-state index contributed by atoms with van der Waals surface area (Å²) >= 11 is 0. The summed E-state index contributed by atoms with van der Waals surface area (Å²) in [4.78, 5) is 9.82. The molecule has 0 bridgehead atoms. The van der Waals surface area contributed by atoms with Gasteiger partial charge in [-0.15, -0.1) is 0 Å². The van der Waals surface area contributed by atoms with Gasteiger partial charge in [0.2, 0.25) is 6.29 Å². The molecule has 1 rings (SSSR count). The van der Waals surface area contributed by atoms with Crippen molar-refractivity contribution in [1.29, 1.82) is 0 Å². The van der Waals surface area contributed by atoms with Crippen LogP contribution >= 0.6 is 0 Å². The van der Waals surface area contributed by atoms with Crippen molar-refractivity contribution >= 4 is 6.29 Å². The molecule has 13 heavy (non-hydrogen) atoms. The largest absolute Gasteiger partial charge is 0.286 e. The summed E-state index contributed by atoms with van der Waals surface area (Å²) in [6.07, 6.45) is 17.1. The van der Waals surface area contributed by atoms with Gasteiger partial charge in [0.1, 0.15) is 0 Å². The van der Waals surface area contributed by atoms with Crippen molar-refractivity contribution in [2.75, 3.05) is 0 Å². The Morgan fingerprint density at radius 3 is 2.62 bits per heavy atom. The van der Waals surface area contributed by atoms with Crippen LogP contribution in [0.5, 0.6) is 0 Å². The van der Waals surface area contributed by atoms with Crippen molar-refractivity contribution in [3.8, 4) is 0 Å². The van der Waals surface area contributed by atoms with Crippen molar-refractivity contribution in [3.63, 3.8) is 0 Å². The van der Waals surface area contributed by atoms with Gasteiger partial charge in [-0.2, -0.15) is 0 Å². The Kier molecular flexibility index (Phi) is 5.23. The van der Waals surface area contributed by atoms with Crippen molar-refractivity contribution in [2.45, 2.75) is 38.5 Å². The zero-order valence-electron chi connectivity index (χ0n) is 8.04. The fourth-order valence-electron chi connectivity index (χ4n) is 1.87. The molecule has 0 heterocycles. The first kappa shape index (κ1) is 10.2. The lowest BCUT2D eigenvalue weighted by molar-refractivity contribution is 0.361. The molecular weight excluding hydrogens is 160 g/mol. The smallest absolute Gasteiger partial charge is 0.225 e. The average molecular weight is 177 g/mol. The molecule has 0 unspecified atom stereocenters. The molecule has 0 aliphatic heterocycles. The highest BCUT2D eigenvalue weighted by Gasteiger charge is 2.10. The molecule has 1 heteroatoms. The predicted octanol–water partition coefficient (Wildman–Crippen LogP) is 3.18. The molecule has 1 radical (unpaired) electrons. The summed E-state index contributed by atoms with van der Waals surface area (Å²) in [6.45, 7) is 0. The van der Waals surface area contributed by atoms with Gasteiger partial charge >= 0.3 is 0 Å². The fourth-order valence-corrected chi connectivity index (χ4v) is 1.87. The van der Waals surface area contributed by atoms with Gasteiger partial charge < -0.3 is 0 Å². The molecule has 1 aliphatic carbocycles. The lowest BCUT2D eigenvalue weighted by Gasteiger charge is -2.19. The summed E-state index contributed by atoms with van der Waals surface area (Å²) in [5.74, 6) is 0.888. The van der Waals surface area contributed by atoms with Crippen LogP contribution in [0.1, 0.15) is 38.5 Å². The van der Waals surface area contributed by atoms with Gasteiger partial charge in [-0.05, 0) is 18.4 Å². The zero-order valence-corrected chi connectivity index (χ0v) is 8.04. The minimum Gasteiger partial charge on any atom is -0.286 e. The van der Waals surface area contributed by atoms with Crippen LogP contribution in [0.15, 0.2) is 24.3 Å². The zero-order chi connectivity index (χ0) is 9.36. The summed E-state index contributed by atoms with van der Waals surface area (Å²) in [5, 5.41) is 0. The molecule has 0 atom stereocenters. The summed E-state index contributed by atoms with van der Waals surface area (Å²) in [6, 6.07) is 0. The Morgan fingerprint density at radius 1 is 1.15 bits per heavy atom. The standard InChI is InChI=1S/C12H17O/c13-11-7-2-1-4-8-12-9-5-3-6-10-12/h1-2,4,7,12H,3,5-6,8-10H2. The highest BCUT2D eigenvalue weighted by Crippen LogP contribution is 2.26. The monoisotopic (exact) mass is 177 g/mol.